The van der Waals surface area contributed by atoms with E-state index in [0.717, 1.165) is 6.42 Å². The maximum absolute atomic E-state index is 13.3. The van der Waals surface area contributed by atoms with Crippen LogP contribution >= 0.6 is 0 Å². The van der Waals surface area contributed by atoms with Gasteiger partial charge in [-0.3, -0.25) is 4.79 Å². The molecule has 2 aromatic carbocycles. The van der Waals surface area contributed by atoms with Gasteiger partial charge in [-0.15, -0.1) is 0 Å². The van der Waals surface area contributed by atoms with Crippen LogP contribution in [-0.2, 0) is 19.8 Å². The van der Waals surface area contributed by atoms with Gasteiger partial charge < -0.3 is 24.8 Å². The summed E-state index contributed by atoms with van der Waals surface area (Å²) in [6, 6.07) is 16.2. The lowest BCUT2D eigenvalue weighted by Crippen LogP contribution is -2.53. The van der Waals surface area contributed by atoms with Crippen molar-refractivity contribution >= 4 is 17.7 Å². The number of nitrogens with one attached hydrogen (secondary N) is 2. The highest BCUT2D eigenvalue weighted by atomic mass is 16.6. The molecule has 31 heavy (non-hydrogen) atoms. The Morgan fingerprint density at radius 2 is 1.68 bits per heavy atom. The molecule has 0 saturated carbocycles. The largest absolute Gasteiger partial charge is 0.488 e. The fourth-order valence-corrected chi connectivity index (χ4v) is 3.21. The van der Waals surface area contributed by atoms with Gasteiger partial charge in [0, 0.05) is 12.1 Å². The molecule has 7 heteroatoms. The van der Waals surface area contributed by atoms with E-state index in [1.807, 2.05) is 18.2 Å². The van der Waals surface area contributed by atoms with E-state index in [4.69, 9.17) is 14.2 Å². The fraction of sp³-hybridized carbons (Fsp3) is 0.417. The molecule has 1 heterocycles. The van der Waals surface area contributed by atoms with Gasteiger partial charge >= 0.3 is 6.09 Å². The lowest BCUT2D eigenvalue weighted by atomic mass is 9.91. The predicted molar refractivity (Wildman–Crippen MR) is 118 cm³/mol. The molecule has 0 bridgehead atoms. The Kier molecular flexibility index (Phi) is 6.85. The number of alkyl carbamates (subject to hydrolysis) is 1. The van der Waals surface area contributed by atoms with Crippen molar-refractivity contribution in [1.29, 1.82) is 0 Å². The molecule has 1 saturated heterocycles. The van der Waals surface area contributed by atoms with Crippen LogP contribution in [0.3, 0.4) is 0 Å². The van der Waals surface area contributed by atoms with Gasteiger partial charge in [0.05, 0.1) is 13.2 Å². The second kappa shape index (κ2) is 9.39. The molecule has 0 radical (unpaired) electrons. The van der Waals surface area contributed by atoms with E-state index in [1.165, 1.54) is 0 Å². The first-order valence-electron chi connectivity index (χ1n) is 10.4. The van der Waals surface area contributed by atoms with Crippen LogP contribution < -0.4 is 15.4 Å². The summed E-state index contributed by atoms with van der Waals surface area (Å²) in [6.45, 7) is 8.26. The topological polar surface area (TPSA) is 85.9 Å². The normalized spacial score (nSPS) is 18.0. The molecule has 7 nitrogen and oxygen atoms in total. The lowest BCUT2D eigenvalue weighted by molar-refractivity contribution is -0.122. The van der Waals surface area contributed by atoms with Gasteiger partial charge in [-0.2, -0.15) is 0 Å². The maximum atomic E-state index is 13.3. The SMILES string of the molecule is CC(C)(C)OC(=O)N[C@@](C)(C(=O)Nc1ccc(O[C@H]2CCOC2)cc1)c1ccccc1. The molecule has 1 fully saturated rings. The standard InChI is InChI=1S/C24H30N2O5/c1-23(2,3)31-22(28)26-24(4,17-8-6-5-7-9-17)21(27)25-18-10-12-19(13-11-18)30-20-14-15-29-16-20/h5-13,20H,14-16H2,1-4H3,(H,25,27)(H,26,28)/t20-,24+/m0/s1. The summed E-state index contributed by atoms with van der Waals surface area (Å²) in [6.07, 6.45) is 0.251. The van der Waals surface area contributed by atoms with Crippen molar-refractivity contribution < 1.29 is 23.8 Å². The molecule has 0 aliphatic carbocycles. The summed E-state index contributed by atoms with van der Waals surface area (Å²) in [4.78, 5) is 25.7. The van der Waals surface area contributed by atoms with Crippen LogP contribution in [0.25, 0.3) is 0 Å². The van der Waals surface area contributed by atoms with Gasteiger partial charge in [-0.1, -0.05) is 30.3 Å². The summed E-state index contributed by atoms with van der Waals surface area (Å²) < 4.78 is 16.6. The smallest absolute Gasteiger partial charge is 0.408 e. The zero-order chi connectivity index (χ0) is 22.5. The van der Waals surface area contributed by atoms with Crippen LogP contribution in [0.4, 0.5) is 10.5 Å². The van der Waals surface area contributed by atoms with Crippen LogP contribution in [0.15, 0.2) is 54.6 Å². The van der Waals surface area contributed by atoms with E-state index in [-0.39, 0.29) is 12.0 Å². The van der Waals surface area contributed by atoms with Crippen LogP contribution in [0, 0.1) is 0 Å². The van der Waals surface area contributed by atoms with E-state index in [1.54, 1.807) is 64.1 Å². The summed E-state index contributed by atoms with van der Waals surface area (Å²) in [7, 11) is 0. The molecule has 2 atom stereocenters. The summed E-state index contributed by atoms with van der Waals surface area (Å²) in [5.74, 6) is 0.327. The second-order valence-corrected chi connectivity index (χ2v) is 8.70. The maximum Gasteiger partial charge on any atom is 0.408 e. The van der Waals surface area contributed by atoms with Gasteiger partial charge in [-0.05, 0) is 57.5 Å². The van der Waals surface area contributed by atoms with E-state index < -0.39 is 17.2 Å². The van der Waals surface area contributed by atoms with Gasteiger partial charge in [0.15, 0.2) is 0 Å². The molecule has 2 N–H and O–H groups in total. The van der Waals surface area contributed by atoms with Gasteiger partial charge in [-0.25, -0.2) is 4.79 Å². The fourth-order valence-electron chi connectivity index (χ4n) is 3.21. The van der Waals surface area contributed by atoms with Crippen LogP contribution in [0.1, 0.15) is 39.7 Å². The average Bonchev–Trinajstić information content (AvgIpc) is 3.21. The number of carbonyl (C=O) groups is 2. The third kappa shape index (κ3) is 6.21. The van der Waals surface area contributed by atoms with Crippen LogP contribution in [-0.4, -0.2) is 36.9 Å². The number of ether oxygens (including phenoxy) is 3. The van der Waals surface area contributed by atoms with Crippen LogP contribution in [0.2, 0.25) is 0 Å². The predicted octanol–water partition coefficient (Wildman–Crippen LogP) is 4.23. The molecule has 166 valence electrons. The van der Waals surface area contributed by atoms with Gasteiger partial charge in [0.25, 0.3) is 5.91 Å². The molecule has 3 rings (SSSR count). The van der Waals surface area contributed by atoms with E-state index in [2.05, 4.69) is 10.6 Å². The van der Waals surface area contributed by atoms with Crippen molar-refractivity contribution in [3.05, 3.63) is 60.2 Å². The highest BCUT2D eigenvalue weighted by Gasteiger charge is 2.38. The molecule has 0 spiro atoms. The summed E-state index contributed by atoms with van der Waals surface area (Å²) >= 11 is 0. The van der Waals surface area contributed by atoms with Crippen molar-refractivity contribution in [2.24, 2.45) is 0 Å². The molecular weight excluding hydrogens is 396 g/mol. The lowest BCUT2D eigenvalue weighted by Gasteiger charge is -2.31. The van der Waals surface area contributed by atoms with Gasteiger partial charge in [0.2, 0.25) is 0 Å². The first kappa shape index (κ1) is 22.6. The Balaban J connectivity index is 1.74. The molecule has 2 aromatic rings. The zero-order valence-corrected chi connectivity index (χ0v) is 18.4. The molecule has 0 aromatic heterocycles. The Morgan fingerprint density at radius 3 is 2.26 bits per heavy atom. The van der Waals surface area contributed by atoms with Gasteiger partial charge in [0.1, 0.15) is 23.0 Å². The van der Waals surface area contributed by atoms with E-state index >= 15 is 0 Å². The molecular formula is C24H30N2O5. The quantitative estimate of drug-likeness (QED) is 0.722. The molecule has 2 amide bonds. The van der Waals surface area contributed by atoms with Crippen molar-refractivity contribution in [2.45, 2.75) is 51.4 Å². The number of carbonyl (C=O) groups excluding carboxylic acids is 2. The molecule has 0 unspecified atom stereocenters. The third-order valence-electron chi connectivity index (χ3n) is 4.86. The van der Waals surface area contributed by atoms with Crippen molar-refractivity contribution in [2.75, 3.05) is 18.5 Å². The third-order valence-corrected chi connectivity index (χ3v) is 4.86. The first-order valence-corrected chi connectivity index (χ1v) is 10.4. The summed E-state index contributed by atoms with van der Waals surface area (Å²) in [5.41, 5.74) is -0.786. The highest BCUT2D eigenvalue weighted by molar-refractivity contribution is 6.00. The Labute approximate surface area is 183 Å². The number of hydrogen-bond acceptors (Lipinski definition) is 5. The van der Waals surface area contributed by atoms with E-state index in [0.29, 0.717) is 30.2 Å². The minimum atomic E-state index is -1.33. The number of rotatable bonds is 6. The van der Waals surface area contributed by atoms with Crippen molar-refractivity contribution in [3.63, 3.8) is 0 Å². The second-order valence-electron chi connectivity index (χ2n) is 8.70. The number of hydrogen-bond donors (Lipinski definition) is 2. The van der Waals surface area contributed by atoms with Crippen LogP contribution in [0.5, 0.6) is 5.75 Å². The van der Waals surface area contributed by atoms with Crippen molar-refractivity contribution in [3.8, 4) is 5.75 Å². The number of anilines is 1. The van der Waals surface area contributed by atoms with Crippen molar-refractivity contribution in [1.82, 2.24) is 5.32 Å². The summed E-state index contributed by atoms with van der Waals surface area (Å²) in [5, 5.41) is 5.61. The minimum absolute atomic E-state index is 0.0554. The first-order chi connectivity index (χ1) is 14.7. The number of benzene rings is 2. The Hall–Kier alpha value is -3.06. The average molecular weight is 427 g/mol. The van der Waals surface area contributed by atoms with E-state index in [9.17, 15) is 9.59 Å². The minimum Gasteiger partial charge on any atom is -0.488 e. The zero-order valence-electron chi connectivity index (χ0n) is 18.4. The Bertz CT molecular complexity index is 886. The molecule has 1 aliphatic heterocycles. The monoisotopic (exact) mass is 426 g/mol. The Morgan fingerprint density at radius 1 is 1.00 bits per heavy atom. The number of amides is 2. The highest BCUT2D eigenvalue weighted by Crippen LogP contribution is 2.25. The molecule has 1 aliphatic rings.